The standard InChI is InChI=1S/C29H32N4O5S/c1-29(2,3)38-27(35)31-17-20-9-11-23(12-10-20)32-25(34)24-19-39-26(22-13-15-30-16-14-22)33(24)28(36)37-18-21-7-5-4-6-8-21/h4-16,24,26H,17-19H2,1-3H3,(H,31,35)(H,32,34)/t24-,26?/m0/s1. The summed E-state index contributed by atoms with van der Waals surface area (Å²) in [7, 11) is 0. The van der Waals surface area contributed by atoms with Gasteiger partial charge in [-0.1, -0.05) is 42.5 Å². The topological polar surface area (TPSA) is 110 Å². The maximum Gasteiger partial charge on any atom is 0.412 e. The Morgan fingerprint density at radius 3 is 2.33 bits per heavy atom. The summed E-state index contributed by atoms with van der Waals surface area (Å²) in [6, 6.07) is 19.5. The van der Waals surface area contributed by atoms with Crippen LogP contribution in [0.1, 0.15) is 42.8 Å². The molecule has 1 fully saturated rings. The fourth-order valence-electron chi connectivity index (χ4n) is 3.93. The third-order valence-corrected chi connectivity index (χ3v) is 7.09. The highest BCUT2D eigenvalue weighted by Gasteiger charge is 2.43. The van der Waals surface area contributed by atoms with Crippen molar-refractivity contribution in [3.8, 4) is 0 Å². The van der Waals surface area contributed by atoms with Crippen LogP contribution in [-0.4, -0.2) is 45.4 Å². The molecule has 0 radical (unpaired) electrons. The number of nitrogens with one attached hydrogen (secondary N) is 2. The van der Waals surface area contributed by atoms with Gasteiger partial charge in [-0.3, -0.25) is 14.7 Å². The van der Waals surface area contributed by atoms with E-state index in [0.29, 0.717) is 11.4 Å². The molecule has 2 N–H and O–H groups in total. The van der Waals surface area contributed by atoms with Crippen LogP contribution < -0.4 is 10.6 Å². The minimum absolute atomic E-state index is 0.108. The number of alkyl carbamates (subject to hydrolysis) is 1. The summed E-state index contributed by atoms with van der Waals surface area (Å²) in [5.41, 5.74) is 2.58. The third-order valence-electron chi connectivity index (χ3n) is 5.77. The van der Waals surface area contributed by atoms with Crippen LogP contribution in [0.2, 0.25) is 0 Å². The summed E-state index contributed by atoms with van der Waals surface area (Å²) in [5.74, 6) is 0.104. The Hall–Kier alpha value is -4.05. The number of pyridine rings is 1. The summed E-state index contributed by atoms with van der Waals surface area (Å²) >= 11 is 1.50. The lowest BCUT2D eigenvalue weighted by Crippen LogP contribution is -2.45. The highest BCUT2D eigenvalue weighted by Crippen LogP contribution is 2.42. The van der Waals surface area contributed by atoms with Crippen LogP contribution >= 0.6 is 11.8 Å². The predicted molar refractivity (Wildman–Crippen MR) is 150 cm³/mol. The van der Waals surface area contributed by atoms with Crippen molar-refractivity contribution >= 4 is 35.5 Å². The van der Waals surface area contributed by atoms with E-state index in [1.54, 1.807) is 45.3 Å². The van der Waals surface area contributed by atoms with Gasteiger partial charge < -0.3 is 20.1 Å². The maximum absolute atomic E-state index is 13.4. The zero-order chi connectivity index (χ0) is 27.8. The van der Waals surface area contributed by atoms with Crippen molar-refractivity contribution in [1.82, 2.24) is 15.2 Å². The van der Waals surface area contributed by atoms with Crippen molar-refractivity contribution in [3.63, 3.8) is 0 Å². The summed E-state index contributed by atoms with van der Waals surface area (Å²) < 4.78 is 10.9. The Bertz CT molecular complexity index is 1270. The second-order valence-electron chi connectivity index (χ2n) is 9.97. The van der Waals surface area contributed by atoms with Crippen LogP contribution in [0.4, 0.5) is 15.3 Å². The Morgan fingerprint density at radius 2 is 1.67 bits per heavy atom. The van der Waals surface area contributed by atoms with Gasteiger partial charge in [0.2, 0.25) is 5.91 Å². The van der Waals surface area contributed by atoms with Gasteiger partial charge in [-0.25, -0.2) is 9.59 Å². The molecule has 39 heavy (non-hydrogen) atoms. The number of hydrogen-bond donors (Lipinski definition) is 2. The minimum Gasteiger partial charge on any atom is -0.444 e. The first-order valence-corrected chi connectivity index (χ1v) is 13.6. The van der Waals surface area contributed by atoms with Gasteiger partial charge in [-0.05, 0) is 61.7 Å². The Morgan fingerprint density at radius 1 is 0.974 bits per heavy atom. The van der Waals surface area contributed by atoms with Crippen molar-refractivity contribution in [1.29, 1.82) is 0 Å². The Labute approximate surface area is 232 Å². The first-order valence-electron chi connectivity index (χ1n) is 12.6. The number of benzene rings is 2. The van der Waals surface area contributed by atoms with E-state index in [4.69, 9.17) is 9.47 Å². The van der Waals surface area contributed by atoms with Crippen LogP contribution in [0.15, 0.2) is 79.1 Å². The predicted octanol–water partition coefficient (Wildman–Crippen LogP) is 5.50. The lowest BCUT2D eigenvalue weighted by molar-refractivity contribution is -0.120. The van der Waals surface area contributed by atoms with E-state index in [2.05, 4.69) is 15.6 Å². The van der Waals surface area contributed by atoms with E-state index in [9.17, 15) is 14.4 Å². The molecule has 2 aromatic carbocycles. The molecule has 0 bridgehead atoms. The molecule has 0 spiro atoms. The van der Waals surface area contributed by atoms with Crippen molar-refractivity contribution in [2.45, 2.75) is 50.9 Å². The molecule has 10 heteroatoms. The van der Waals surface area contributed by atoms with E-state index in [-0.39, 0.29) is 24.4 Å². The number of hydrogen-bond acceptors (Lipinski definition) is 7. The Balaban J connectivity index is 1.41. The smallest absolute Gasteiger partial charge is 0.412 e. The summed E-state index contributed by atoms with van der Waals surface area (Å²) in [6.07, 6.45) is 2.27. The molecule has 3 amide bonds. The van der Waals surface area contributed by atoms with Crippen molar-refractivity contribution in [2.75, 3.05) is 11.1 Å². The minimum atomic E-state index is -0.732. The molecule has 1 saturated heterocycles. The lowest BCUT2D eigenvalue weighted by Gasteiger charge is -2.28. The van der Waals surface area contributed by atoms with Crippen molar-refractivity contribution in [3.05, 3.63) is 95.8 Å². The molecule has 3 aromatic rings. The largest absolute Gasteiger partial charge is 0.444 e. The molecule has 0 saturated carbocycles. The molecular weight excluding hydrogens is 516 g/mol. The second-order valence-corrected chi connectivity index (χ2v) is 11.1. The number of anilines is 1. The number of carbonyl (C=O) groups excluding carboxylic acids is 3. The van der Waals surface area contributed by atoms with Crippen LogP contribution in [0.5, 0.6) is 0 Å². The van der Waals surface area contributed by atoms with E-state index < -0.39 is 23.8 Å². The summed E-state index contributed by atoms with van der Waals surface area (Å²) in [5, 5.41) is 5.24. The maximum atomic E-state index is 13.4. The van der Waals surface area contributed by atoms with Gasteiger partial charge in [0.15, 0.2) is 0 Å². The normalized spacial score (nSPS) is 16.8. The molecule has 4 rings (SSSR count). The first-order chi connectivity index (χ1) is 18.7. The number of carbonyl (C=O) groups is 3. The number of nitrogens with zero attached hydrogens (tertiary/aromatic N) is 2. The molecule has 1 aliphatic heterocycles. The number of thioether (sulfide) groups is 1. The average molecular weight is 549 g/mol. The van der Waals surface area contributed by atoms with Crippen molar-refractivity contribution < 1.29 is 23.9 Å². The van der Waals surface area contributed by atoms with Crippen molar-refractivity contribution in [2.24, 2.45) is 0 Å². The van der Waals surface area contributed by atoms with Gasteiger partial charge in [-0.15, -0.1) is 11.8 Å². The molecule has 2 atom stereocenters. The van der Waals surface area contributed by atoms with Gasteiger partial charge in [0.25, 0.3) is 0 Å². The fraction of sp³-hybridized carbons (Fsp3) is 0.310. The zero-order valence-electron chi connectivity index (χ0n) is 22.1. The summed E-state index contributed by atoms with van der Waals surface area (Å²) in [4.78, 5) is 44.1. The van der Waals surface area contributed by atoms with E-state index in [1.807, 2.05) is 54.6 Å². The van der Waals surface area contributed by atoms with Gasteiger partial charge >= 0.3 is 12.2 Å². The zero-order valence-corrected chi connectivity index (χ0v) is 22.9. The van der Waals surface area contributed by atoms with Crippen LogP contribution in [0, 0.1) is 0 Å². The molecule has 9 nitrogen and oxygen atoms in total. The number of rotatable bonds is 7. The van der Waals surface area contributed by atoms with Gasteiger partial charge in [0, 0.05) is 30.4 Å². The highest BCUT2D eigenvalue weighted by atomic mass is 32.2. The quantitative estimate of drug-likeness (QED) is 0.401. The van der Waals surface area contributed by atoms with Gasteiger partial charge in [0.1, 0.15) is 23.6 Å². The van der Waals surface area contributed by atoms with Gasteiger partial charge in [0.05, 0.1) is 0 Å². The lowest BCUT2D eigenvalue weighted by atomic mass is 10.2. The van der Waals surface area contributed by atoms with Crippen LogP contribution in [0.3, 0.4) is 0 Å². The first kappa shape index (κ1) is 28.0. The van der Waals surface area contributed by atoms with Crippen LogP contribution in [0.25, 0.3) is 0 Å². The van der Waals surface area contributed by atoms with E-state index in [0.717, 1.165) is 16.7 Å². The number of ether oxygens (including phenoxy) is 2. The third kappa shape index (κ3) is 7.97. The summed E-state index contributed by atoms with van der Waals surface area (Å²) in [6.45, 7) is 5.80. The monoisotopic (exact) mass is 548 g/mol. The second kappa shape index (κ2) is 12.7. The van der Waals surface area contributed by atoms with Gasteiger partial charge in [-0.2, -0.15) is 0 Å². The number of amides is 3. The number of aromatic nitrogens is 1. The molecule has 1 unspecified atom stereocenters. The molecule has 0 aliphatic carbocycles. The molecular formula is C29H32N4O5S. The highest BCUT2D eigenvalue weighted by molar-refractivity contribution is 7.99. The van der Waals surface area contributed by atoms with E-state index in [1.165, 1.54) is 16.7 Å². The molecule has 204 valence electrons. The SMILES string of the molecule is CC(C)(C)OC(=O)NCc1ccc(NC(=O)[C@@H]2CSC(c3ccncc3)N2C(=O)OCc2ccccc2)cc1. The molecule has 1 aromatic heterocycles. The molecule has 1 aliphatic rings. The van der Waals surface area contributed by atoms with E-state index >= 15 is 0 Å². The van der Waals surface area contributed by atoms with Crippen LogP contribution in [-0.2, 0) is 27.4 Å². The molecule has 2 heterocycles. The average Bonchev–Trinajstić information content (AvgIpc) is 3.37. The fourth-order valence-corrected chi connectivity index (χ4v) is 5.35. The Kier molecular flexibility index (Phi) is 9.08.